The molecule has 0 aliphatic heterocycles. The van der Waals surface area contributed by atoms with Gasteiger partial charge in [-0.05, 0) is 146 Å². The minimum absolute atomic E-state index is 0.563. The fourth-order valence-electron chi connectivity index (χ4n) is 18.0. The van der Waals surface area contributed by atoms with Gasteiger partial charge >= 0.3 is 0 Å². The van der Waals surface area contributed by atoms with Crippen molar-refractivity contribution in [2.24, 2.45) is 0 Å². The summed E-state index contributed by atoms with van der Waals surface area (Å²) in [5.74, 6) is 1.75. The molecule has 0 amide bonds. The zero-order chi connectivity index (χ0) is 71.5. The van der Waals surface area contributed by atoms with Gasteiger partial charge in [-0.2, -0.15) is 0 Å². The summed E-state index contributed by atoms with van der Waals surface area (Å²) in [6.07, 6.45) is 0. The number of rotatable bonds is 10. The average molecular weight is 1390 g/mol. The van der Waals surface area contributed by atoms with E-state index < -0.39 is 0 Å². The summed E-state index contributed by atoms with van der Waals surface area (Å²) >= 11 is 0. The number of aromatic nitrogens is 9. The molecule has 16 aromatic carbocycles. The van der Waals surface area contributed by atoms with Crippen LogP contribution < -0.4 is 0 Å². The molecular weight excluding hydrogens is 1330 g/mol. The molecule has 0 spiro atoms. The Bertz CT molecular complexity index is 7140. The van der Waals surface area contributed by atoms with Crippen LogP contribution in [-0.4, -0.2) is 42.4 Å². The number of hydrogen-bond donors (Lipinski definition) is 0. The molecule has 508 valence electrons. The van der Waals surface area contributed by atoms with Crippen LogP contribution in [-0.2, 0) is 0 Å². The third-order valence-electron chi connectivity index (χ3n) is 22.7. The molecule has 109 heavy (non-hydrogen) atoms. The second-order valence-electron chi connectivity index (χ2n) is 28.7. The van der Waals surface area contributed by atoms with Gasteiger partial charge in [-0.1, -0.05) is 230 Å². The first-order valence-corrected chi connectivity index (χ1v) is 37.2. The molecule has 0 unspecified atom stereocenters. The van der Waals surface area contributed by atoms with Crippen molar-refractivity contribution in [2.75, 3.05) is 0 Å². The number of aryl methyl sites for hydroxylation is 1. The minimum Gasteiger partial charge on any atom is -0.309 e. The highest BCUT2D eigenvalue weighted by Gasteiger charge is 2.27. The Labute approximate surface area is 625 Å². The van der Waals surface area contributed by atoms with E-state index in [9.17, 15) is 0 Å². The fourth-order valence-corrected chi connectivity index (χ4v) is 18.0. The quantitative estimate of drug-likeness (QED) is 0.137. The molecule has 7 aromatic heterocycles. The molecule has 23 rings (SSSR count). The van der Waals surface area contributed by atoms with Gasteiger partial charge in [0.2, 0.25) is 0 Å². The van der Waals surface area contributed by atoms with Crippen molar-refractivity contribution in [2.45, 2.75) is 6.92 Å². The van der Waals surface area contributed by atoms with Gasteiger partial charge in [0.1, 0.15) is 0 Å². The molecule has 0 fully saturated rings. The Balaban J connectivity index is 0.819. The standard InChI is InChI=1S/C100H63N9/c1-62-44-51-92(108-93-52-46-66(104-84-36-16-8-28-70(84)71-29-9-17-37-85(71)104)58-80(93)81-59-67(47-53-94(81)108)105-86-38-18-10-30-72(86)73-31-11-19-39-87(73)105)79(56-62)78-50-45-65(100-102-98(63-24-4-2-5-25-63)101-99(103-100)64-26-6-3-7-27-64)57-97(78)109-95-54-48-68(106-88-40-20-12-32-74(88)75-33-13-21-41-89(75)106)60-82(95)83-61-69(49-55-96(83)109)107-90-42-22-14-34-76(90)77-35-15-23-43-91(77)107/h2-61H,1H3. The lowest BCUT2D eigenvalue weighted by Gasteiger charge is -2.20. The Kier molecular flexibility index (Phi) is 13.2. The first kappa shape index (κ1) is 60.7. The smallest absolute Gasteiger partial charge is 0.164 e. The van der Waals surface area contributed by atoms with E-state index in [1.54, 1.807) is 0 Å². The summed E-state index contributed by atoms with van der Waals surface area (Å²) in [5.41, 5.74) is 25.7. The van der Waals surface area contributed by atoms with Crippen LogP contribution in [0.25, 0.3) is 210 Å². The topological polar surface area (TPSA) is 68.2 Å². The van der Waals surface area contributed by atoms with E-state index in [1.165, 1.54) is 43.1 Å². The van der Waals surface area contributed by atoms with E-state index in [1.807, 2.05) is 36.4 Å². The van der Waals surface area contributed by atoms with Crippen molar-refractivity contribution in [3.05, 3.63) is 370 Å². The molecule has 0 N–H and O–H groups in total. The van der Waals surface area contributed by atoms with Crippen LogP contribution in [0.3, 0.4) is 0 Å². The Morgan fingerprint density at radius 3 is 0.752 bits per heavy atom. The highest BCUT2D eigenvalue weighted by molar-refractivity contribution is 6.17. The molecule has 0 bridgehead atoms. The van der Waals surface area contributed by atoms with Gasteiger partial charge < -0.3 is 27.4 Å². The van der Waals surface area contributed by atoms with Crippen molar-refractivity contribution in [1.29, 1.82) is 0 Å². The number of benzene rings is 16. The van der Waals surface area contributed by atoms with Gasteiger partial charge in [0.05, 0.1) is 77.6 Å². The van der Waals surface area contributed by atoms with Crippen LogP contribution >= 0.6 is 0 Å². The third-order valence-corrected chi connectivity index (χ3v) is 22.7. The number of fused-ring (bicyclic) bond motifs is 18. The van der Waals surface area contributed by atoms with Crippen LogP contribution in [0.4, 0.5) is 0 Å². The predicted octanol–water partition coefficient (Wildman–Crippen LogP) is 25.4. The van der Waals surface area contributed by atoms with Gasteiger partial charge in [-0.15, -0.1) is 0 Å². The molecule has 9 nitrogen and oxygen atoms in total. The monoisotopic (exact) mass is 1390 g/mol. The zero-order valence-electron chi connectivity index (χ0n) is 59.2. The maximum atomic E-state index is 5.44. The number of para-hydroxylation sites is 8. The molecule has 7 heterocycles. The molecule has 0 aliphatic rings. The van der Waals surface area contributed by atoms with E-state index in [-0.39, 0.29) is 0 Å². The molecule has 0 atom stereocenters. The van der Waals surface area contributed by atoms with Gasteiger partial charge in [0.15, 0.2) is 17.5 Å². The Hall–Kier alpha value is -14.7. The molecule has 0 aliphatic carbocycles. The highest BCUT2D eigenvalue weighted by atomic mass is 15.1. The molecule has 0 saturated carbocycles. The first-order chi connectivity index (χ1) is 54.0. The van der Waals surface area contributed by atoms with Gasteiger partial charge in [-0.3, -0.25) is 0 Å². The maximum absolute atomic E-state index is 5.44. The lowest BCUT2D eigenvalue weighted by Crippen LogP contribution is -2.04. The summed E-state index contributed by atoms with van der Waals surface area (Å²) in [7, 11) is 0. The molecule has 0 saturated heterocycles. The summed E-state index contributed by atoms with van der Waals surface area (Å²) in [5, 5.41) is 14.2. The lowest BCUT2D eigenvalue weighted by molar-refractivity contribution is 1.07. The van der Waals surface area contributed by atoms with Crippen LogP contribution in [0.2, 0.25) is 0 Å². The van der Waals surface area contributed by atoms with Gasteiger partial charge in [-0.25, -0.2) is 15.0 Å². The highest BCUT2D eigenvalue weighted by Crippen LogP contribution is 2.47. The Morgan fingerprint density at radius 2 is 0.440 bits per heavy atom. The third kappa shape index (κ3) is 9.17. The Morgan fingerprint density at radius 1 is 0.174 bits per heavy atom. The summed E-state index contributed by atoms with van der Waals surface area (Å²) in [6, 6.07) is 133. The molecule has 23 aromatic rings. The second-order valence-corrected chi connectivity index (χ2v) is 28.7. The molecular formula is C100H63N9. The second kappa shape index (κ2) is 23.7. The van der Waals surface area contributed by atoms with Crippen molar-refractivity contribution in [1.82, 2.24) is 42.4 Å². The van der Waals surface area contributed by atoms with Crippen LogP contribution in [0.1, 0.15) is 5.56 Å². The largest absolute Gasteiger partial charge is 0.309 e. The van der Waals surface area contributed by atoms with Gasteiger partial charge in [0.25, 0.3) is 0 Å². The van der Waals surface area contributed by atoms with E-state index in [2.05, 4.69) is 362 Å². The van der Waals surface area contributed by atoms with E-state index >= 15 is 0 Å². The first-order valence-electron chi connectivity index (χ1n) is 37.2. The SMILES string of the molecule is Cc1ccc(-n2c3ccc(-n4c5ccccc5c5ccccc54)cc3c3cc(-n4c5ccccc5c5ccccc54)ccc32)c(-c2ccc(-c3nc(-c4ccccc4)nc(-c4ccccc4)n3)cc2-n2c3ccc(-n4c5ccccc5c5ccccc54)cc3c3cc(-n4c5ccccc5c5ccccc54)ccc32)c1. The lowest BCUT2D eigenvalue weighted by atomic mass is 9.97. The summed E-state index contributed by atoms with van der Waals surface area (Å²) in [4.78, 5) is 16.1. The van der Waals surface area contributed by atoms with Crippen molar-refractivity contribution < 1.29 is 0 Å². The molecule has 9 heteroatoms. The van der Waals surface area contributed by atoms with E-state index in [4.69, 9.17) is 15.0 Å². The van der Waals surface area contributed by atoms with Crippen molar-refractivity contribution in [3.8, 4) is 79.4 Å². The molecule has 0 radical (unpaired) electrons. The van der Waals surface area contributed by atoms with Gasteiger partial charge in [0, 0.05) is 115 Å². The minimum atomic E-state index is 0.563. The summed E-state index contributed by atoms with van der Waals surface area (Å²) < 4.78 is 14.8. The number of nitrogens with zero attached hydrogens (tertiary/aromatic N) is 9. The average Bonchev–Trinajstić information content (AvgIpc) is 1.60. The van der Waals surface area contributed by atoms with Crippen molar-refractivity contribution >= 4 is 131 Å². The van der Waals surface area contributed by atoms with E-state index in [0.29, 0.717) is 17.5 Å². The normalized spacial score (nSPS) is 12.1. The number of hydrogen-bond acceptors (Lipinski definition) is 3. The fraction of sp³-hybridized carbons (Fsp3) is 0.0100. The predicted molar refractivity (Wildman–Crippen MR) is 452 cm³/mol. The van der Waals surface area contributed by atoms with Crippen molar-refractivity contribution in [3.63, 3.8) is 0 Å². The maximum Gasteiger partial charge on any atom is 0.164 e. The van der Waals surface area contributed by atoms with Crippen LogP contribution in [0.5, 0.6) is 0 Å². The van der Waals surface area contributed by atoms with Crippen LogP contribution in [0.15, 0.2) is 364 Å². The zero-order valence-corrected chi connectivity index (χ0v) is 59.2. The van der Waals surface area contributed by atoms with E-state index in [0.717, 1.165) is 155 Å². The summed E-state index contributed by atoms with van der Waals surface area (Å²) in [6.45, 7) is 2.22. The van der Waals surface area contributed by atoms with Crippen LogP contribution in [0, 0.1) is 6.92 Å².